The van der Waals surface area contributed by atoms with Gasteiger partial charge in [0.2, 0.25) is 0 Å². The van der Waals surface area contributed by atoms with Gasteiger partial charge in [-0.25, -0.2) is 0 Å². The minimum atomic E-state index is -0.106. The van der Waals surface area contributed by atoms with Gasteiger partial charge in [0.05, 0.1) is 5.56 Å². The van der Waals surface area contributed by atoms with Gasteiger partial charge in [0.15, 0.2) is 5.78 Å². The Hall–Kier alpha value is -1.55. The van der Waals surface area contributed by atoms with Crippen LogP contribution in [0.3, 0.4) is 0 Å². The average molecular weight is 248 g/mol. The Kier molecular flexibility index (Phi) is 3.57. The molecule has 0 radical (unpaired) electrons. The summed E-state index contributed by atoms with van der Waals surface area (Å²) in [7, 11) is 2.12. The fraction of sp³-hybridized carbons (Fsp3) is 0.500. The number of Topliss-reactive ketones (excluding diaryl/α,β-unsaturated/α-hetero) is 1. The average Bonchev–Trinajstić information content (AvgIpc) is 2.28. The first-order chi connectivity index (χ1) is 8.49. The van der Waals surface area contributed by atoms with E-state index in [-0.39, 0.29) is 11.5 Å². The first kappa shape index (κ1) is 12.9. The molecule has 2 rings (SSSR count). The Labute approximate surface area is 108 Å². The molecule has 1 atom stereocenters. The Morgan fingerprint density at radius 2 is 2.11 bits per heavy atom. The van der Waals surface area contributed by atoms with E-state index in [9.17, 15) is 9.90 Å². The van der Waals surface area contributed by atoms with Gasteiger partial charge in [0.25, 0.3) is 0 Å². The normalized spacial score (nSPS) is 21.1. The largest absolute Gasteiger partial charge is 0.507 e. The summed E-state index contributed by atoms with van der Waals surface area (Å²) in [6, 6.07) is 5.72. The lowest BCUT2D eigenvalue weighted by Gasteiger charge is -2.39. The van der Waals surface area contributed by atoms with Gasteiger partial charge in [0.1, 0.15) is 5.75 Å². The third-order valence-corrected chi connectivity index (χ3v) is 3.52. The van der Waals surface area contributed by atoms with Crippen molar-refractivity contribution in [3.05, 3.63) is 23.8 Å². The molecule has 1 fully saturated rings. The number of likely N-dealkylation sites (N-methyl/N-ethyl adjacent to an activating group) is 1. The highest BCUT2D eigenvalue weighted by Gasteiger charge is 2.22. The molecule has 18 heavy (non-hydrogen) atoms. The smallest absolute Gasteiger partial charge is 0.163 e. The number of nitrogens with zero attached hydrogens (tertiary/aromatic N) is 2. The maximum Gasteiger partial charge on any atom is 0.163 e. The topological polar surface area (TPSA) is 43.8 Å². The number of benzene rings is 1. The molecule has 1 aliphatic rings. The fourth-order valence-corrected chi connectivity index (χ4v) is 2.52. The number of hydrogen-bond acceptors (Lipinski definition) is 4. The van der Waals surface area contributed by atoms with Gasteiger partial charge >= 0.3 is 0 Å². The molecule has 98 valence electrons. The standard InChI is InChI=1S/C14H20N2O2/c1-10-9-15(3)6-7-16(10)12-4-5-13(11(2)17)14(18)8-12/h4-5,8,10,18H,6-7,9H2,1-3H3. The van der Waals surface area contributed by atoms with Gasteiger partial charge in [-0.2, -0.15) is 0 Å². The molecule has 1 aromatic carbocycles. The molecule has 4 heteroatoms. The summed E-state index contributed by atoms with van der Waals surface area (Å²) >= 11 is 0. The molecule has 0 aromatic heterocycles. The number of hydrogen-bond donors (Lipinski definition) is 1. The highest BCUT2D eigenvalue weighted by molar-refractivity contribution is 5.97. The second-order valence-electron chi connectivity index (χ2n) is 5.06. The third-order valence-electron chi connectivity index (χ3n) is 3.52. The lowest BCUT2D eigenvalue weighted by atomic mass is 10.1. The van der Waals surface area contributed by atoms with E-state index in [2.05, 4.69) is 23.8 Å². The number of carbonyl (C=O) groups is 1. The van der Waals surface area contributed by atoms with E-state index < -0.39 is 0 Å². The monoisotopic (exact) mass is 248 g/mol. The van der Waals surface area contributed by atoms with Crippen molar-refractivity contribution in [3.63, 3.8) is 0 Å². The highest BCUT2D eigenvalue weighted by Crippen LogP contribution is 2.27. The van der Waals surface area contributed by atoms with E-state index in [0.717, 1.165) is 25.3 Å². The lowest BCUT2D eigenvalue weighted by Crippen LogP contribution is -2.50. The second-order valence-corrected chi connectivity index (χ2v) is 5.06. The maximum absolute atomic E-state index is 11.3. The Bertz CT molecular complexity index is 459. The van der Waals surface area contributed by atoms with Crippen molar-refractivity contribution in [1.82, 2.24) is 4.90 Å². The summed E-state index contributed by atoms with van der Waals surface area (Å²) in [4.78, 5) is 15.8. The van der Waals surface area contributed by atoms with Crippen LogP contribution in [-0.2, 0) is 0 Å². The molecule has 4 nitrogen and oxygen atoms in total. The predicted molar refractivity (Wildman–Crippen MR) is 72.4 cm³/mol. The number of piperazine rings is 1. The summed E-state index contributed by atoms with van der Waals surface area (Å²) in [5.41, 5.74) is 1.37. The second kappa shape index (κ2) is 4.98. The van der Waals surface area contributed by atoms with Crippen LogP contribution in [0.25, 0.3) is 0 Å². The van der Waals surface area contributed by atoms with E-state index in [0.29, 0.717) is 11.6 Å². The molecule has 1 aromatic rings. The van der Waals surface area contributed by atoms with Crippen molar-refractivity contribution in [1.29, 1.82) is 0 Å². The molecule has 0 spiro atoms. The van der Waals surface area contributed by atoms with Gasteiger partial charge in [-0.15, -0.1) is 0 Å². The zero-order valence-corrected chi connectivity index (χ0v) is 11.2. The molecule has 0 saturated carbocycles. The van der Waals surface area contributed by atoms with Gasteiger partial charge < -0.3 is 14.9 Å². The van der Waals surface area contributed by atoms with Gasteiger partial charge in [-0.1, -0.05) is 0 Å². The quantitative estimate of drug-likeness (QED) is 0.810. The van der Waals surface area contributed by atoms with Crippen LogP contribution in [-0.4, -0.2) is 48.5 Å². The van der Waals surface area contributed by atoms with Gasteiger partial charge in [-0.05, 0) is 33.0 Å². The fourth-order valence-electron chi connectivity index (χ4n) is 2.52. The molecule has 1 unspecified atom stereocenters. The minimum Gasteiger partial charge on any atom is -0.507 e. The zero-order chi connectivity index (χ0) is 13.3. The van der Waals surface area contributed by atoms with Crippen molar-refractivity contribution in [3.8, 4) is 5.75 Å². The number of phenolic OH excluding ortho intramolecular Hbond substituents is 1. The van der Waals surface area contributed by atoms with Crippen LogP contribution in [0.1, 0.15) is 24.2 Å². The first-order valence-electron chi connectivity index (χ1n) is 6.28. The maximum atomic E-state index is 11.3. The number of carbonyl (C=O) groups excluding carboxylic acids is 1. The van der Waals surface area contributed by atoms with Crippen LogP contribution >= 0.6 is 0 Å². The van der Waals surface area contributed by atoms with Crippen LogP contribution in [0.15, 0.2) is 18.2 Å². The summed E-state index contributed by atoms with van der Waals surface area (Å²) in [6.45, 7) is 6.60. The van der Waals surface area contributed by atoms with Crippen LogP contribution in [0.2, 0.25) is 0 Å². The number of aromatic hydroxyl groups is 1. The molecule has 0 aliphatic carbocycles. The summed E-state index contributed by atoms with van der Waals surface area (Å²) in [5.74, 6) is -0.0309. The lowest BCUT2D eigenvalue weighted by molar-refractivity contribution is 0.101. The molecule has 1 saturated heterocycles. The number of phenols is 1. The molecule has 1 aliphatic heterocycles. The summed E-state index contributed by atoms with van der Waals surface area (Å²) in [6.07, 6.45) is 0. The Morgan fingerprint density at radius 1 is 1.39 bits per heavy atom. The SMILES string of the molecule is CC(=O)c1ccc(N2CCN(C)CC2C)cc1O. The van der Waals surface area contributed by atoms with Gasteiger partial charge in [0, 0.05) is 37.4 Å². The van der Waals surface area contributed by atoms with E-state index >= 15 is 0 Å². The molecular formula is C14H20N2O2. The molecule has 1 N–H and O–H groups in total. The van der Waals surface area contributed by atoms with Gasteiger partial charge in [-0.3, -0.25) is 4.79 Å². The van der Waals surface area contributed by atoms with Crippen LogP contribution in [0.5, 0.6) is 5.75 Å². The van der Waals surface area contributed by atoms with Crippen molar-refractivity contribution in [2.75, 3.05) is 31.6 Å². The molecule has 0 amide bonds. The highest BCUT2D eigenvalue weighted by atomic mass is 16.3. The molecular weight excluding hydrogens is 228 g/mol. The minimum absolute atomic E-state index is 0.0751. The van der Waals surface area contributed by atoms with Crippen LogP contribution < -0.4 is 4.90 Å². The molecule has 0 bridgehead atoms. The predicted octanol–water partition coefficient (Wildman–Crippen LogP) is 1.74. The van der Waals surface area contributed by atoms with Crippen LogP contribution in [0.4, 0.5) is 5.69 Å². The number of rotatable bonds is 2. The molecule has 1 heterocycles. The summed E-state index contributed by atoms with van der Waals surface area (Å²) in [5, 5.41) is 9.87. The Morgan fingerprint density at radius 3 is 2.67 bits per heavy atom. The van der Waals surface area contributed by atoms with Crippen LogP contribution in [0, 0.1) is 0 Å². The Balaban J connectivity index is 2.24. The van der Waals surface area contributed by atoms with E-state index in [1.54, 1.807) is 12.1 Å². The zero-order valence-electron chi connectivity index (χ0n) is 11.2. The van der Waals surface area contributed by atoms with E-state index in [1.807, 2.05) is 6.07 Å². The van der Waals surface area contributed by atoms with Crippen molar-refractivity contribution < 1.29 is 9.90 Å². The van der Waals surface area contributed by atoms with Crippen molar-refractivity contribution in [2.45, 2.75) is 19.9 Å². The number of ketones is 1. The van der Waals surface area contributed by atoms with E-state index in [1.165, 1.54) is 6.92 Å². The third kappa shape index (κ3) is 2.48. The first-order valence-corrected chi connectivity index (χ1v) is 6.28. The van der Waals surface area contributed by atoms with Crippen molar-refractivity contribution in [2.24, 2.45) is 0 Å². The van der Waals surface area contributed by atoms with E-state index in [4.69, 9.17) is 0 Å². The van der Waals surface area contributed by atoms with Crippen molar-refractivity contribution >= 4 is 11.5 Å². The summed E-state index contributed by atoms with van der Waals surface area (Å²) < 4.78 is 0. The number of anilines is 1.